The van der Waals surface area contributed by atoms with Gasteiger partial charge < -0.3 is 15.0 Å². The van der Waals surface area contributed by atoms with Crippen molar-refractivity contribution in [3.63, 3.8) is 0 Å². The number of carbonyl (C=O) groups is 2. The summed E-state index contributed by atoms with van der Waals surface area (Å²) in [5.41, 5.74) is 3.08. The maximum absolute atomic E-state index is 12.2. The van der Waals surface area contributed by atoms with Gasteiger partial charge in [-0.25, -0.2) is 0 Å². The maximum atomic E-state index is 12.2. The number of amides is 2. The molecule has 154 valence electrons. The van der Waals surface area contributed by atoms with E-state index in [1.165, 1.54) is 36.2 Å². The molecule has 0 aliphatic rings. The predicted octanol–water partition coefficient (Wildman–Crippen LogP) is 4.31. The molecule has 8 heteroatoms. The van der Waals surface area contributed by atoms with Crippen LogP contribution in [0.2, 0.25) is 0 Å². The molecule has 2 rings (SSSR count). The molecule has 0 fully saturated rings. The summed E-state index contributed by atoms with van der Waals surface area (Å²) in [5, 5.41) is 2.80. The van der Waals surface area contributed by atoms with Gasteiger partial charge in [0.25, 0.3) is 0 Å². The van der Waals surface area contributed by atoms with Crippen molar-refractivity contribution in [1.82, 2.24) is 4.90 Å². The first-order chi connectivity index (χ1) is 13.5. The lowest BCUT2D eigenvalue weighted by molar-refractivity contribution is -0.274. The largest absolute Gasteiger partial charge is 0.573 e. The number of alkyl halides is 3. The van der Waals surface area contributed by atoms with Crippen LogP contribution in [-0.2, 0) is 9.59 Å². The SMILES string of the molecule is Cc1cccc(C)c1NC(=O)CN(C)C(=O)/C=C/c1ccc(OC(F)(F)F)cc1. The molecule has 2 aromatic rings. The minimum atomic E-state index is -4.76. The van der Waals surface area contributed by atoms with E-state index in [1.54, 1.807) is 0 Å². The Morgan fingerprint density at radius 3 is 2.21 bits per heavy atom. The third-order valence-corrected chi connectivity index (χ3v) is 4.03. The van der Waals surface area contributed by atoms with Gasteiger partial charge in [-0.3, -0.25) is 9.59 Å². The highest BCUT2D eigenvalue weighted by Crippen LogP contribution is 2.23. The Balaban J connectivity index is 1.92. The summed E-state index contributed by atoms with van der Waals surface area (Å²) in [6.07, 6.45) is -2.07. The quantitative estimate of drug-likeness (QED) is 0.728. The van der Waals surface area contributed by atoms with Crippen molar-refractivity contribution in [3.05, 3.63) is 65.2 Å². The number of halogens is 3. The van der Waals surface area contributed by atoms with Gasteiger partial charge in [-0.15, -0.1) is 13.2 Å². The Morgan fingerprint density at radius 2 is 1.66 bits per heavy atom. The van der Waals surface area contributed by atoms with Crippen LogP contribution in [0.1, 0.15) is 16.7 Å². The van der Waals surface area contributed by atoms with E-state index in [0.717, 1.165) is 28.9 Å². The fourth-order valence-corrected chi connectivity index (χ4v) is 2.56. The van der Waals surface area contributed by atoms with Gasteiger partial charge >= 0.3 is 6.36 Å². The number of ether oxygens (including phenoxy) is 1. The van der Waals surface area contributed by atoms with Crippen molar-refractivity contribution in [2.45, 2.75) is 20.2 Å². The van der Waals surface area contributed by atoms with Crippen LogP contribution < -0.4 is 10.1 Å². The van der Waals surface area contributed by atoms with E-state index in [9.17, 15) is 22.8 Å². The molecule has 0 aliphatic carbocycles. The highest BCUT2D eigenvalue weighted by molar-refractivity contribution is 5.98. The molecule has 0 aromatic heterocycles. The van der Waals surface area contributed by atoms with Crippen LogP contribution in [0.4, 0.5) is 18.9 Å². The molecule has 0 unspecified atom stereocenters. The van der Waals surface area contributed by atoms with Crippen molar-refractivity contribution in [2.24, 2.45) is 0 Å². The maximum Gasteiger partial charge on any atom is 0.573 e. The van der Waals surface area contributed by atoms with E-state index in [2.05, 4.69) is 10.1 Å². The van der Waals surface area contributed by atoms with Gasteiger partial charge in [-0.2, -0.15) is 0 Å². The second-order valence-corrected chi connectivity index (χ2v) is 6.46. The molecule has 0 aliphatic heterocycles. The second-order valence-electron chi connectivity index (χ2n) is 6.46. The van der Waals surface area contributed by atoms with Crippen molar-refractivity contribution in [2.75, 3.05) is 18.9 Å². The molecule has 2 aromatic carbocycles. The van der Waals surface area contributed by atoms with Crippen LogP contribution in [0.25, 0.3) is 6.08 Å². The van der Waals surface area contributed by atoms with Crippen molar-refractivity contribution >= 4 is 23.6 Å². The van der Waals surface area contributed by atoms with Crippen LogP contribution in [0.3, 0.4) is 0 Å². The molecular weight excluding hydrogens is 385 g/mol. The van der Waals surface area contributed by atoms with E-state index in [0.29, 0.717) is 5.56 Å². The Hall–Kier alpha value is -3.29. The predicted molar refractivity (Wildman–Crippen MR) is 104 cm³/mol. The summed E-state index contributed by atoms with van der Waals surface area (Å²) in [4.78, 5) is 25.6. The second kappa shape index (κ2) is 9.27. The van der Waals surface area contributed by atoms with E-state index in [4.69, 9.17) is 0 Å². The molecule has 29 heavy (non-hydrogen) atoms. The minimum Gasteiger partial charge on any atom is -0.406 e. The van der Waals surface area contributed by atoms with Gasteiger partial charge in [0.15, 0.2) is 0 Å². The van der Waals surface area contributed by atoms with Gasteiger partial charge in [-0.05, 0) is 48.7 Å². The first-order valence-corrected chi connectivity index (χ1v) is 8.70. The van der Waals surface area contributed by atoms with Crippen LogP contribution in [0.15, 0.2) is 48.5 Å². The summed E-state index contributed by atoms with van der Waals surface area (Å²) in [7, 11) is 1.48. The number of likely N-dealkylation sites (N-methyl/N-ethyl adjacent to an activating group) is 1. The van der Waals surface area contributed by atoms with E-state index in [-0.39, 0.29) is 18.2 Å². The highest BCUT2D eigenvalue weighted by atomic mass is 19.4. The average Bonchev–Trinajstić information content (AvgIpc) is 2.62. The van der Waals surface area contributed by atoms with E-state index in [1.807, 2.05) is 32.0 Å². The third-order valence-electron chi connectivity index (χ3n) is 4.03. The molecule has 0 atom stereocenters. The van der Waals surface area contributed by atoms with Gasteiger partial charge in [0, 0.05) is 18.8 Å². The van der Waals surface area contributed by atoms with Crippen LogP contribution >= 0.6 is 0 Å². The molecule has 0 saturated heterocycles. The number of nitrogens with one attached hydrogen (secondary N) is 1. The van der Waals surface area contributed by atoms with Gasteiger partial charge in [0.1, 0.15) is 5.75 Å². The Kier molecular flexibility index (Phi) is 7.03. The molecule has 0 saturated carbocycles. The monoisotopic (exact) mass is 406 g/mol. The summed E-state index contributed by atoms with van der Waals surface area (Å²) in [5.74, 6) is -1.10. The summed E-state index contributed by atoms with van der Waals surface area (Å²) in [6.45, 7) is 3.62. The van der Waals surface area contributed by atoms with Crippen molar-refractivity contribution < 1.29 is 27.5 Å². The fourth-order valence-electron chi connectivity index (χ4n) is 2.56. The molecule has 0 spiro atoms. The fraction of sp³-hybridized carbons (Fsp3) is 0.238. The lowest BCUT2D eigenvalue weighted by atomic mass is 10.1. The van der Waals surface area contributed by atoms with Crippen LogP contribution in [-0.4, -0.2) is 36.7 Å². The summed E-state index contributed by atoms with van der Waals surface area (Å²) >= 11 is 0. The van der Waals surface area contributed by atoms with Gasteiger partial charge in [0.2, 0.25) is 11.8 Å². The molecule has 0 heterocycles. The first-order valence-electron chi connectivity index (χ1n) is 8.70. The average molecular weight is 406 g/mol. The molecule has 5 nitrogen and oxygen atoms in total. The Bertz CT molecular complexity index is 886. The standard InChI is InChI=1S/C21H21F3N2O3/c1-14-5-4-6-15(2)20(14)25-18(27)13-26(3)19(28)12-9-16-7-10-17(11-8-16)29-21(22,23)24/h4-12H,13H2,1-3H3,(H,25,27)/b12-9+. The highest BCUT2D eigenvalue weighted by Gasteiger charge is 2.30. The molecule has 0 radical (unpaired) electrons. The number of para-hydroxylation sites is 1. The summed E-state index contributed by atoms with van der Waals surface area (Å²) < 4.78 is 40.2. The normalized spacial score (nSPS) is 11.4. The Labute approximate surface area is 166 Å². The topological polar surface area (TPSA) is 58.6 Å². The zero-order chi connectivity index (χ0) is 21.6. The van der Waals surface area contributed by atoms with Gasteiger partial charge in [0.05, 0.1) is 6.54 Å². The molecule has 1 N–H and O–H groups in total. The van der Waals surface area contributed by atoms with Crippen molar-refractivity contribution in [1.29, 1.82) is 0 Å². The zero-order valence-electron chi connectivity index (χ0n) is 16.2. The number of rotatable bonds is 6. The van der Waals surface area contributed by atoms with Gasteiger partial charge in [-0.1, -0.05) is 30.3 Å². The number of carbonyl (C=O) groups excluding carboxylic acids is 2. The number of benzene rings is 2. The summed E-state index contributed by atoms with van der Waals surface area (Å²) in [6, 6.07) is 10.7. The number of nitrogens with zero attached hydrogens (tertiary/aromatic N) is 1. The van der Waals surface area contributed by atoms with Crippen molar-refractivity contribution in [3.8, 4) is 5.75 Å². The van der Waals surface area contributed by atoms with Crippen LogP contribution in [0, 0.1) is 13.8 Å². The lowest BCUT2D eigenvalue weighted by Crippen LogP contribution is -2.34. The smallest absolute Gasteiger partial charge is 0.406 e. The first kappa shape index (κ1) is 22.0. The van der Waals surface area contributed by atoms with E-state index >= 15 is 0 Å². The molecule has 2 amide bonds. The number of hydrogen-bond donors (Lipinski definition) is 1. The number of hydrogen-bond acceptors (Lipinski definition) is 3. The Morgan fingerprint density at radius 1 is 1.07 bits per heavy atom. The minimum absolute atomic E-state index is 0.144. The lowest BCUT2D eigenvalue weighted by Gasteiger charge is -2.16. The van der Waals surface area contributed by atoms with Crippen LogP contribution in [0.5, 0.6) is 5.75 Å². The molecule has 0 bridgehead atoms. The molecular formula is C21H21F3N2O3. The van der Waals surface area contributed by atoms with E-state index < -0.39 is 12.3 Å². The number of anilines is 1. The number of aryl methyl sites for hydroxylation is 2. The zero-order valence-corrected chi connectivity index (χ0v) is 16.2. The third kappa shape index (κ3) is 6.99.